The van der Waals surface area contributed by atoms with Gasteiger partial charge in [0.05, 0.1) is 25.2 Å². The minimum absolute atomic E-state index is 0.0895. The Balaban J connectivity index is 1.67. The fourth-order valence-corrected chi connectivity index (χ4v) is 5.44. The van der Waals surface area contributed by atoms with E-state index in [2.05, 4.69) is 0 Å². The predicted molar refractivity (Wildman–Crippen MR) is 114 cm³/mol. The summed E-state index contributed by atoms with van der Waals surface area (Å²) in [5, 5.41) is 8.95. The third-order valence-electron chi connectivity index (χ3n) is 7.09. The van der Waals surface area contributed by atoms with E-state index in [1.54, 1.807) is 11.8 Å². The third kappa shape index (κ3) is 3.85. The Bertz CT molecular complexity index is 913. The smallest absolute Gasteiger partial charge is 0.316 e. The van der Waals surface area contributed by atoms with Crippen LogP contribution in [0.15, 0.2) is 24.3 Å². The first kappa shape index (κ1) is 22.6. The lowest BCUT2D eigenvalue weighted by Gasteiger charge is -2.57. The van der Waals surface area contributed by atoms with Crippen LogP contribution < -0.4 is 4.74 Å². The molecule has 4 atom stereocenters. The summed E-state index contributed by atoms with van der Waals surface area (Å²) in [5.41, 5.74) is -0.616. The Kier molecular flexibility index (Phi) is 5.92. The van der Waals surface area contributed by atoms with Crippen molar-refractivity contribution in [2.45, 2.75) is 64.3 Å². The zero-order valence-electron chi connectivity index (χ0n) is 18.8. The molecule has 1 aromatic rings. The molecule has 32 heavy (non-hydrogen) atoms. The molecular formula is C24H31NO7. The van der Waals surface area contributed by atoms with E-state index in [-0.39, 0.29) is 49.9 Å². The van der Waals surface area contributed by atoms with E-state index in [1.807, 2.05) is 38.1 Å². The van der Waals surface area contributed by atoms with E-state index in [0.717, 1.165) is 11.3 Å². The molecule has 1 amide bonds. The van der Waals surface area contributed by atoms with Crippen molar-refractivity contribution in [3.63, 3.8) is 0 Å². The topological polar surface area (TPSA) is 102 Å². The lowest BCUT2D eigenvalue weighted by Crippen LogP contribution is -2.64. The highest BCUT2D eigenvalue weighted by molar-refractivity contribution is 5.83. The molecule has 174 valence electrons. The van der Waals surface area contributed by atoms with Gasteiger partial charge in [-0.1, -0.05) is 18.2 Å². The second-order valence-corrected chi connectivity index (χ2v) is 9.47. The van der Waals surface area contributed by atoms with Crippen LogP contribution in [-0.2, 0) is 23.9 Å². The van der Waals surface area contributed by atoms with Gasteiger partial charge in [0.2, 0.25) is 5.91 Å². The summed E-state index contributed by atoms with van der Waals surface area (Å²) in [6.45, 7) is 6.58. The number of hydrogen-bond acceptors (Lipinski definition) is 6. The number of para-hydroxylation sites is 1. The number of hydrogen-bond donors (Lipinski definition) is 1. The van der Waals surface area contributed by atoms with Crippen molar-refractivity contribution in [2.24, 2.45) is 11.3 Å². The molecule has 0 spiro atoms. The van der Waals surface area contributed by atoms with Gasteiger partial charge in [0, 0.05) is 31.0 Å². The van der Waals surface area contributed by atoms with Crippen molar-refractivity contribution in [1.29, 1.82) is 0 Å². The maximum atomic E-state index is 13.3. The van der Waals surface area contributed by atoms with E-state index in [1.165, 1.54) is 0 Å². The van der Waals surface area contributed by atoms with Crippen LogP contribution in [-0.4, -0.2) is 59.3 Å². The molecule has 4 rings (SSSR count). The highest BCUT2D eigenvalue weighted by atomic mass is 16.5. The average molecular weight is 446 g/mol. The maximum absolute atomic E-state index is 13.3. The number of carboxylic acids is 1. The van der Waals surface area contributed by atoms with E-state index in [0.29, 0.717) is 19.4 Å². The lowest BCUT2D eigenvalue weighted by molar-refractivity contribution is -0.231. The van der Waals surface area contributed by atoms with Crippen LogP contribution in [0.2, 0.25) is 0 Å². The summed E-state index contributed by atoms with van der Waals surface area (Å²) in [5.74, 6) is -0.970. The second kappa shape index (κ2) is 8.39. The van der Waals surface area contributed by atoms with E-state index < -0.39 is 23.1 Å². The van der Waals surface area contributed by atoms with Crippen LogP contribution in [0.4, 0.5) is 0 Å². The first-order valence-electron chi connectivity index (χ1n) is 11.3. The van der Waals surface area contributed by atoms with Crippen LogP contribution in [0.3, 0.4) is 0 Å². The molecule has 2 saturated heterocycles. The molecule has 8 nitrogen and oxygen atoms in total. The summed E-state index contributed by atoms with van der Waals surface area (Å²) < 4.78 is 18.4. The van der Waals surface area contributed by atoms with Crippen molar-refractivity contribution in [1.82, 2.24) is 4.90 Å². The Morgan fingerprint density at radius 1 is 1.22 bits per heavy atom. The number of aliphatic carboxylic acids is 1. The van der Waals surface area contributed by atoms with Gasteiger partial charge in [-0.3, -0.25) is 14.4 Å². The van der Waals surface area contributed by atoms with E-state index in [4.69, 9.17) is 19.3 Å². The van der Waals surface area contributed by atoms with Gasteiger partial charge in [0.25, 0.3) is 0 Å². The minimum Gasteiger partial charge on any atom is -0.487 e. The van der Waals surface area contributed by atoms with Gasteiger partial charge in [0.15, 0.2) is 0 Å². The predicted octanol–water partition coefficient (Wildman–Crippen LogP) is 2.95. The molecule has 3 aliphatic rings. The van der Waals surface area contributed by atoms with Gasteiger partial charge >= 0.3 is 11.9 Å². The number of ether oxygens (including phenoxy) is 3. The fourth-order valence-electron chi connectivity index (χ4n) is 5.44. The molecule has 3 aliphatic heterocycles. The van der Waals surface area contributed by atoms with Crippen LogP contribution >= 0.6 is 0 Å². The average Bonchev–Trinajstić information content (AvgIpc) is 2.76. The Hall–Kier alpha value is -2.61. The number of esters is 1. The number of amides is 1. The molecule has 0 aliphatic carbocycles. The molecule has 2 fully saturated rings. The van der Waals surface area contributed by atoms with E-state index >= 15 is 0 Å². The zero-order chi connectivity index (χ0) is 23.1. The van der Waals surface area contributed by atoms with Gasteiger partial charge in [0.1, 0.15) is 16.8 Å². The number of piperidine rings is 1. The molecule has 0 radical (unpaired) electrons. The normalized spacial score (nSPS) is 30.2. The van der Waals surface area contributed by atoms with Gasteiger partial charge < -0.3 is 24.2 Å². The number of carbonyl (C=O) groups excluding carboxylic acids is 2. The number of carboxylic acid groups (broad SMARTS) is 1. The summed E-state index contributed by atoms with van der Waals surface area (Å²) in [6.07, 6.45) is 0.0258. The molecule has 0 saturated carbocycles. The summed E-state index contributed by atoms with van der Waals surface area (Å²) in [7, 11) is 0. The van der Waals surface area contributed by atoms with Crippen molar-refractivity contribution in [2.75, 3.05) is 19.7 Å². The quantitative estimate of drug-likeness (QED) is 0.695. The van der Waals surface area contributed by atoms with Crippen LogP contribution in [0.25, 0.3) is 0 Å². The number of fused-ring (bicyclic) bond motifs is 4. The molecule has 1 aromatic carbocycles. The molecule has 0 aromatic heterocycles. The summed E-state index contributed by atoms with van der Waals surface area (Å²) in [4.78, 5) is 38.6. The fraction of sp³-hybridized carbons (Fsp3) is 0.625. The summed E-state index contributed by atoms with van der Waals surface area (Å²) >= 11 is 0. The highest BCUT2D eigenvalue weighted by Crippen LogP contribution is 2.57. The number of carbonyl (C=O) groups is 3. The molecular weight excluding hydrogens is 414 g/mol. The van der Waals surface area contributed by atoms with Gasteiger partial charge in [-0.25, -0.2) is 0 Å². The van der Waals surface area contributed by atoms with Gasteiger partial charge in [-0.05, 0) is 39.7 Å². The highest BCUT2D eigenvalue weighted by Gasteiger charge is 2.61. The SMILES string of the molecule is CCOC(=O)[C@@]12C[C@@H]3[C@@H](O[C@@H]1CCN(C(=O)CCC(=O)O)C2)c1ccccc1OC3(C)C. The number of rotatable bonds is 5. The van der Waals surface area contributed by atoms with Crippen molar-refractivity contribution >= 4 is 17.8 Å². The van der Waals surface area contributed by atoms with Crippen LogP contribution in [0.5, 0.6) is 5.75 Å². The number of benzene rings is 1. The van der Waals surface area contributed by atoms with Crippen LogP contribution in [0.1, 0.15) is 58.1 Å². The number of likely N-dealkylation sites (tertiary alicyclic amines) is 1. The monoisotopic (exact) mass is 445 g/mol. The maximum Gasteiger partial charge on any atom is 0.316 e. The lowest BCUT2D eigenvalue weighted by atomic mass is 9.63. The standard InChI is InChI=1S/C24H31NO7/c1-4-30-22(29)24-13-16-21(15-7-5-6-8-17(15)32-23(16,2)3)31-18(24)11-12-25(14-24)19(26)9-10-20(27)28/h5-8,16,18,21H,4,9-14H2,1-3H3,(H,27,28)/t16-,18-,21+,24-/m1/s1. The molecule has 1 N–H and O–H groups in total. The van der Waals surface area contributed by atoms with Crippen molar-refractivity contribution in [3.8, 4) is 5.75 Å². The Morgan fingerprint density at radius 2 is 1.97 bits per heavy atom. The first-order valence-corrected chi connectivity index (χ1v) is 11.3. The zero-order valence-corrected chi connectivity index (χ0v) is 18.8. The van der Waals surface area contributed by atoms with Gasteiger partial charge in [-0.15, -0.1) is 0 Å². The number of nitrogens with zero attached hydrogens (tertiary/aromatic N) is 1. The van der Waals surface area contributed by atoms with E-state index in [9.17, 15) is 14.4 Å². The largest absolute Gasteiger partial charge is 0.487 e. The molecule has 0 bridgehead atoms. The Morgan fingerprint density at radius 3 is 2.69 bits per heavy atom. The van der Waals surface area contributed by atoms with Crippen molar-refractivity contribution in [3.05, 3.63) is 29.8 Å². The molecule has 0 unspecified atom stereocenters. The second-order valence-electron chi connectivity index (χ2n) is 9.47. The van der Waals surface area contributed by atoms with Crippen LogP contribution in [0, 0.1) is 11.3 Å². The minimum atomic E-state index is -1.02. The Labute approximate surface area is 187 Å². The summed E-state index contributed by atoms with van der Waals surface area (Å²) in [6, 6.07) is 7.83. The van der Waals surface area contributed by atoms with Gasteiger partial charge in [-0.2, -0.15) is 0 Å². The van der Waals surface area contributed by atoms with Crippen molar-refractivity contribution < 1.29 is 33.7 Å². The molecule has 3 heterocycles. The molecule has 8 heteroatoms. The third-order valence-corrected chi connectivity index (χ3v) is 7.09. The first-order chi connectivity index (χ1) is 15.2.